The number of aryl methyl sites for hydroxylation is 1. The predicted octanol–water partition coefficient (Wildman–Crippen LogP) is 4.34. The lowest BCUT2D eigenvalue weighted by molar-refractivity contribution is 0.102. The number of nitrogens with one attached hydrogen (secondary N) is 1. The number of carbonyl (C=O) groups excluding carboxylic acids is 1. The van der Waals surface area contributed by atoms with Crippen LogP contribution in [0.3, 0.4) is 0 Å². The van der Waals surface area contributed by atoms with Gasteiger partial charge in [0.15, 0.2) is 5.82 Å². The molecule has 2 aliphatic rings. The second kappa shape index (κ2) is 9.91. The highest BCUT2D eigenvalue weighted by molar-refractivity contribution is 7.89. The summed E-state index contributed by atoms with van der Waals surface area (Å²) in [5, 5.41) is 11.7. The summed E-state index contributed by atoms with van der Waals surface area (Å²) in [7, 11) is -3.55. The lowest BCUT2D eigenvalue weighted by Gasteiger charge is -2.30. The Balaban J connectivity index is 1.30. The molecule has 1 fully saturated rings. The number of rotatable bonds is 5. The molecule has 8 nitrogen and oxygen atoms in total. The van der Waals surface area contributed by atoms with E-state index in [1.807, 2.05) is 24.3 Å². The molecule has 1 amide bonds. The third kappa shape index (κ3) is 5.01. The largest absolute Gasteiger partial charge is 0.322 e. The standard InChI is InChI=1S/C26H31N5O3S/c1-19-7-6-15-30(18-19)35(33,34)23-13-11-20(12-14-23)26(32)27-22-9-5-8-21(17-22)25-29-28-24-10-3-2-4-16-31(24)25/h5,8-9,11-14,17,19H,2-4,6-7,10,15-16,18H2,1H3,(H,27,32)/t19-/m0/s1. The maximum absolute atomic E-state index is 13.0. The number of hydrogen-bond acceptors (Lipinski definition) is 5. The van der Waals surface area contributed by atoms with E-state index < -0.39 is 10.0 Å². The number of amides is 1. The predicted molar refractivity (Wildman–Crippen MR) is 135 cm³/mol. The van der Waals surface area contributed by atoms with E-state index in [9.17, 15) is 13.2 Å². The summed E-state index contributed by atoms with van der Waals surface area (Å²) in [5.41, 5.74) is 1.95. The van der Waals surface area contributed by atoms with Gasteiger partial charge in [-0.15, -0.1) is 10.2 Å². The molecule has 1 N–H and O–H groups in total. The van der Waals surface area contributed by atoms with Crippen LogP contribution >= 0.6 is 0 Å². The second-order valence-electron chi connectivity index (χ2n) is 9.57. The van der Waals surface area contributed by atoms with Gasteiger partial charge in [-0.05, 0) is 68.0 Å². The van der Waals surface area contributed by atoms with Gasteiger partial charge in [-0.1, -0.05) is 25.5 Å². The fourth-order valence-corrected chi connectivity index (χ4v) is 6.53. The Morgan fingerprint density at radius 1 is 1.00 bits per heavy atom. The fraction of sp³-hybridized carbons (Fsp3) is 0.423. The highest BCUT2D eigenvalue weighted by atomic mass is 32.2. The van der Waals surface area contributed by atoms with Crippen molar-refractivity contribution in [3.8, 4) is 11.4 Å². The zero-order valence-electron chi connectivity index (χ0n) is 20.0. The number of piperidine rings is 1. The summed E-state index contributed by atoms with van der Waals surface area (Å²) in [4.78, 5) is 13.1. The summed E-state index contributed by atoms with van der Waals surface area (Å²) in [5.74, 6) is 1.89. The third-order valence-electron chi connectivity index (χ3n) is 6.86. The van der Waals surface area contributed by atoms with Gasteiger partial charge >= 0.3 is 0 Å². The minimum absolute atomic E-state index is 0.220. The molecule has 2 aliphatic heterocycles. The van der Waals surface area contributed by atoms with Crippen molar-refractivity contribution >= 4 is 21.6 Å². The van der Waals surface area contributed by atoms with Gasteiger partial charge in [0, 0.05) is 42.9 Å². The maximum atomic E-state index is 13.0. The van der Waals surface area contributed by atoms with Crippen LogP contribution in [0.5, 0.6) is 0 Å². The molecule has 0 unspecified atom stereocenters. The van der Waals surface area contributed by atoms with Gasteiger partial charge in [-0.3, -0.25) is 4.79 Å². The first-order valence-corrected chi connectivity index (χ1v) is 13.8. The number of anilines is 1. The summed E-state index contributed by atoms with van der Waals surface area (Å²) in [6.45, 7) is 4.06. The van der Waals surface area contributed by atoms with Gasteiger partial charge in [0.1, 0.15) is 5.82 Å². The van der Waals surface area contributed by atoms with Crippen molar-refractivity contribution in [1.29, 1.82) is 0 Å². The maximum Gasteiger partial charge on any atom is 0.255 e. The molecule has 35 heavy (non-hydrogen) atoms. The number of fused-ring (bicyclic) bond motifs is 1. The average Bonchev–Trinajstić information content (AvgIpc) is 3.12. The quantitative estimate of drug-likeness (QED) is 0.570. The van der Waals surface area contributed by atoms with Gasteiger partial charge in [0.05, 0.1) is 4.90 Å². The molecule has 0 spiro atoms. The Labute approximate surface area is 206 Å². The Hall–Kier alpha value is -3.04. The first-order chi connectivity index (χ1) is 16.9. The van der Waals surface area contributed by atoms with Crippen LogP contribution < -0.4 is 5.32 Å². The molecule has 0 radical (unpaired) electrons. The van der Waals surface area contributed by atoms with Crippen molar-refractivity contribution in [2.75, 3.05) is 18.4 Å². The normalized spacial score (nSPS) is 19.1. The molecule has 9 heteroatoms. The van der Waals surface area contributed by atoms with Crippen LogP contribution in [0.2, 0.25) is 0 Å². The molecular formula is C26H31N5O3S. The smallest absolute Gasteiger partial charge is 0.255 e. The van der Waals surface area contributed by atoms with Crippen LogP contribution in [0.1, 0.15) is 55.2 Å². The summed E-state index contributed by atoms with van der Waals surface area (Å²) in [6, 6.07) is 13.8. The molecule has 0 aliphatic carbocycles. The van der Waals surface area contributed by atoms with Gasteiger partial charge in [0.25, 0.3) is 5.91 Å². The Bertz CT molecular complexity index is 1320. The van der Waals surface area contributed by atoms with E-state index in [-0.39, 0.29) is 10.8 Å². The van der Waals surface area contributed by atoms with E-state index in [0.717, 1.165) is 55.9 Å². The summed E-state index contributed by atoms with van der Waals surface area (Å²) >= 11 is 0. The van der Waals surface area contributed by atoms with Gasteiger partial charge in [-0.25, -0.2) is 8.42 Å². The zero-order valence-corrected chi connectivity index (χ0v) is 20.8. The number of carbonyl (C=O) groups is 1. The first kappa shape index (κ1) is 23.7. The van der Waals surface area contributed by atoms with Gasteiger partial charge < -0.3 is 9.88 Å². The molecule has 1 aromatic heterocycles. The zero-order chi connectivity index (χ0) is 24.4. The molecule has 0 saturated carbocycles. The number of aromatic nitrogens is 3. The summed E-state index contributed by atoms with van der Waals surface area (Å²) in [6.07, 6.45) is 6.29. The lowest BCUT2D eigenvalue weighted by Crippen LogP contribution is -2.39. The molecule has 3 aromatic rings. The number of sulfonamides is 1. The van der Waals surface area contributed by atoms with Crippen molar-refractivity contribution in [3.63, 3.8) is 0 Å². The van der Waals surface area contributed by atoms with Crippen LogP contribution in [0.15, 0.2) is 53.4 Å². The van der Waals surface area contributed by atoms with E-state index >= 15 is 0 Å². The molecular weight excluding hydrogens is 462 g/mol. The highest BCUT2D eigenvalue weighted by Gasteiger charge is 2.28. The van der Waals surface area contributed by atoms with Crippen LogP contribution in [-0.2, 0) is 23.0 Å². The molecule has 5 rings (SSSR count). The topological polar surface area (TPSA) is 97.2 Å². The molecule has 1 atom stereocenters. The third-order valence-corrected chi connectivity index (χ3v) is 8.74. The van der Waals surface area contributed by atoms with E-state index in [2.05, 4.69) is 27.0 Å². The molecule has 1 saturated heterocycles. The fourth-order valence-electron chi connectivity index (χ4n) is 4.93. The van der Waals surface area contributed by atoms with Crippen molar-refractivity contribution in [2.24, 2.45) is 5.92 Å². The lowest BCUT2D eigenvalue weighted by atomic mass is 10.0. The van der Waals surface area contributed by atoms with E-state index in [1.54, 1.807) is 16.4 Å². The average molecular weight is 494 g/mol. The number of benzene rings is 2. The minimum Gasteiger partial charge on any atom is -0.322 e. The second-order valence-corrected chi connectivity index (χ2v) is 11.5. The Morgan fingerprint density at radius 3 is 2.63 bits per heavy atom. The van der Waals surface area contributed by atoms with E-state index in [0.29, 0.717) is 30.3 Å². The van der Waals surface area contributed by atoms with Crippen LogP contribution in [0, 0.1) is 5.92 Å². The summed E-state index contributed by atoms with van der Waals surface area (Å²) < 4.78 is 29.7. The van der Waals surface area contributed by atoms with Crippen molar-refractivity contribution in [1.82, 2.24) is 19.1 Å². The Kier molecular flexibility index (Phi) is 6.71. The SMILES string of the molecule is C[C@H]1CCCN(S(=O)(=O)c2ccc(C(=O)Nc3cccc(-c4nnc5n4CCCCC5)c3)cc2)C1. The van der Waals surface area contributed by atoms with Crippen LogP contribution in [0.25, 0.3) is 11.4 Å². The van der Waals surface area contributed by atoms with Crippen molar-refractivity contribution in [2.45, 2.75) is 56.9 Å². The van der Waals surface area contributed by atoms with E-state index in [1.165, 1.54) is 18.6 Å². The molecule has 0 bridgehead atoms. The first-order valence-electron chi connectivity index (χ1n) is 12.4. The monoisotopic (exact) mass is 493 g/mol. The Morgan fingerprint density at radius 2 is 1.83 bits per heavy atom. The molecule has 184 valence electrons. The van der Waals surface area contributed by atoms with E-state index in [4.69, 9.17) is 0 Å². The van der Waals surface area contributed by atoms with Crippen LogP contribution in [-0.4, -0.2) is 46.5 Å². The van der Waals surface area contributed by atoms with Gasteiger partial charge in [-0.2, -0.15) is 4.31 Å². The molecule has 2 aromatic carbocycles. The molecule has 3 heterocycles. The minimum atomic E-state index is -3.55. The highest BCUT2D eigenvalue weighted by Crippen LogP contribution is 2.26. The van der Waals surface area contributed by atoms with Crippen molar-refractivity contribution < 1.29 is 13.2 Å². The van der Waals surface area contributed by atoms with Gasteiger partial charge in [0.2, 0.25) is 10.0 Å². The number of hydrogen-bond donors (Lipinski definition) is 1. The van der Waals surface area contributed by atoms with Crippen LogP contribution in [0.4, 0.5) is 5.69 Å². The van der Waals surface area contributed by atoms with Crippen molar-refractivity contribution in [3.05, 3.63) is 59.9 Å². The number of nitrogens with zero attached hydrogens (tertiary/aromatic N) is 4.